The molecule has 4 fully saturated rings. The van der Waals surface area contributed by atoms with E-state index in [1.165, 1.54) is 32.1 Å². The molecule has 1 aromatic rings. The third-order valence-corrected chi connectivity index (χ3v) is 6.18. The summed E-state index contributed by atoms with van der Waals surface area (Å²) in [5, 5.41) is 3.09. The summed E-state index contributed by atoms with van der Waals surface area (Å²) in [6.45, 7) is 0. The second kappa shape index (κ2) is 4.83. The van der Waals surface area contributed by atoms with Crippen molar-refractivity contribution in [1.29, 1.82) is 0 Å². The summed E-state index contributed by atoms with van der Waals surface area (Å²) in [6, 6.07) is 3.77. The Morgan fingerprint density at radius 2 is 1.80 bits per heavy atom. The summed E-state index contributed by atoms with van der Waals surface area (Å²) in [7, 11) is 0. The zero-order valence-electron chi connectivity index (χ0n) is 11.4. The van der Waals surface area contributed by atoms with Crippen molar-refractivity contribution in [2.24, 2.45) is 29.6 Å². The molecule has 1 N–H and O–H groups in total. The van der Waals surface area contributed by atoms with Crippen LogP contribution in [-0.2, 0) is 4.79 Å². The van der Waals surface area contributed by atoms with Gasteiger partial charge in [-0.2, -0.15) is 0 Å². The molecule has 106 valence electrons. The Kier molecular flexibility index (Phi) is 3.09. The Morgan fingerprint density at radius 3 is 2.40 bits per heavy atom. The van der Waals surface area contributed by atoms with Crippen molar-refractivity contribution in [2.45, 2.75) is 32.1 Å². The molecule has 1 heterocycles. The lowest BCUT2D eigenvalue weighted by molar-refractivity contribution is -0.132. The highest BCUT2D eigenvalue weighted by atomic mass is 79.9. The third-order valence-electron chi connectivity index (χ3n) is 5.55. The lowest BCUT2D eigenvalue weighted by Crippen LogP contribution is -2.49. The van der Waals surface area contributed by atoms with E-state index in [0.717, 1.165) is 22.1 Å². The van der Waals surface area contributed by atoms with Gasteiger partial charge in [0.25, 0.3) is 0 Å². The minimum absolute atomic E-state index is 0.215. The molecule has 0 spiro atoms. The summed E-state index contributed by atoms with van der Waals surface area (Å²) in [4.78, 5) is 16.9. The predicted octanol–water partition coefficient (Wildman–Crippen LogP) is 3.85. The van der Waals surface area contributed by atoms with Crippen LogP contribution in [0.3, 0.4) is 0 Å². The number of carbonyl (C=O) groups excluding carboxylic acids is 1. The molecule has 1 amide bonds. The zero-order valence-corrected chi connectivity index (χ0v) is 13.0. The molecule has 20 heavy (non-hydrogen) atoms. The van der Waals surface area contributed by atoms with E-state index in [2.05, 4.69) is 26.2 Å². The SMILES string of the molecule is O=C(Nc1cccnc1Br)C1C2CC3CC(C2)CC1C3. The van der Waals surface area contributed by atoms with Crippen LogP contribution in [0.4, 0.5) is 5.69 Å². The van der Waals surface area contributed by atoms with Crippen LogP contribution in [0.15, 0.2) is 22.9 Å². The molecule has 4 aliphatic rings. The Bertz CT molecular complexity index is 517. The minimum atomic E-state index is 0.215. The first-order valence-corrected chi connectivity index (χ1v) is 8.41. The van der Waals surface area contributed by atoms with E-state index in [1.54, 1.807) is 6.20 Å². The van der Waals surface area contributed by atoms with Crippen molar-refractivity contribution in [3.8, 4) is 0 Å². The molecule has 0 aliphatic heterocycles. The van der Waals surface area contributed by atoms with Crippen molar-refractivity contribution in [1.82, 2.24) is 4.98 Å². The number of carbonyl (C=O) groups is 1. The molecule has 0 saturated heterocycles. The Morgan fingerprint density at radius 1 is 1.15 bits per heavy atom. The van der Waals surface area contributed by atoms with Gasteiger partial charge in [-0.1, -0.05) is 0 Å². The number of rotatable bonds is 2. The Hall–Kier alpha value is -0.900. The molecular weight excluding hydrogens is 316 g/mol. The number of aromatic nitrogens is 1. The topological polar surface area (TPSA) is 42.0 Å². The number of nitrogens with zero attached hydrogens (tertiary/aromatic N) is 1. The molecule has 1 aromatic heterocycles. The van der Waals surface area contributed by atoms with E-state index in [9.17, 15) is 4.79 Å². The zero-order chi connectivity index (χ0) is 13.7. The van der Waals surface area contributed by atoms with Crippen molar-refractivity contribution < 1.29 is 4.79 Å². The number of amides is 1. The van der Waals surface area contributed by atoms with Crippen molar-refractivity contribution in [2.75, 3.05) is 5.32 Å². The van der Waals surface area contributed by atoms with Crippen LogP contribution in [-0.4, -0.2) is 10.9 Å². The molecule has 5 rings (SSSR count). The first-order valence-electron chi connectivity index (χ1n) is 7.62. The first kappa shape index (κ1) is 12.8. The molecular formula is C16H19BrN2O. The highest BCUT2D eigenvalue weighted by Gasteiger charge is 2.50. The highest BCUT2D eigenvalue weighted by Crippen LogP contribution is 2.56. The van der Waals surface area contributed by atoms with E-state index in [0.29, 0.717) is 11.8 Å². The van der Waals surface area contributed by atoms with Gasteiger partial charge in [-0.25, -0.2) is 4.98 Å². The van der Waals surface area contributed by atoms with Gasteiger partial charge in [0.2, 0.25) is 5.91 Å². The van der Waals surface area contributed by atoms with E-state index in [1.807, 2.05) is 12.1 Å². The maximum atomic E-state index is 12.7. The Balaban J connectivity index is 1.53. The summed E-state index contributed by atoms with van der Waals surface area (Å²) in [5.74, 6) is 3.52. The van der Waals surface area contributed by atoms with Crippen LogP contribution in [0.5, 0.6) is 0 Å². The van der Waals surface area contributed by atoms with Gasteiger partial charge in [0, 0.05) is 12.1 Å². The summed E-state index contributed by atoms with van der Waals surface area (Å²) >= 11 is 3.40. The standard InChI is InChI=1S/C16H19BrN2O/c17-15-13(2-1-3-18-15)19-16(20)14-11-5-9-4-10(7-11)8-12(14)6-9/h1-3,9-12,14H,4-8H2,(H,19,20). The van der Waals surface area contributed by atoms with Crippen LogP contribution in [0, 0.1) is 29.6 Å². The normalized spacial score (nSPS) is 38.0. The fourth-order valence-corrected chi connectivity index (χ4v) is 5.40. The number of halogens is 1. The second-order valence-electron chi connectivity index (χ2n) is 6.79. The fourth-order valence-electron chi connectivity index (χ4n) is 5.05. The van der Waals surface area contributed by atoms with Crippen LogP contribution in [0.25, 0.3) is 0 Å². The minimum Gasteiger partial charge on any atom is -0.324 e. The van der Waals surface area contributed by atoms with E-state index in [4.69, 9.17) is 0 Å². The van der Waals surface area contributed by atoms with Gasteiger partial charge < -0.3 is 5.32 Å². The van der Waals surface area contributed by atoms with Crippen molar-refractivity contribution >= 4 is 27.5 Å². The number of hydrogen-bond donors (Lipinski definition) is 1. The quantitative estimate of drug-likeness (QED) is 0.834. The molecule has 0 aromatic carbocycles. The van der Waals surface area contributed by atoms with Gasteiger partial charge in [-0.3, -0.25) is 4.79 Å². The van der Waals surface area contributed by atoms with Crippen LogP contribution in [0.1, 0.15) is 32.1 Å². The lowest BCUT2D eigenvalue weighted by Gasteiger charge is -2.53. The molecule has 4 saturated carbocycles. The molecule has 0 atom stereocenters. The number of anilines is 1. The van der Waals surface area contributed by atoms with Crippen LogP contribution < -0.4 is 5.32 Å². The maximum Gasteiger partial charge on any atom is 0.228 e. The summed E-state index contributed by atoms with van der Waals surface area (Å²) < 4.78 is 0.720. The second-order valence-corrected chi connectivity index (χ2v) is 7.54. The average Bonchev–Trinajstić information content (AvgIpc) is 2.40. The van der Waals surface area contributed by atoms with Gasteiger partial charge in [0.05, 0.1) is 5.69 Å². The molecule has 3 nitrogen and oxygen atoms in total. The van der Waals surface area contributed by atoms with Crippen molar-refractivity contribution in [3.05, 3.63) is 22.9 Å². The van der Waals surface area contributed by atoms with Gasteiger partial charge in [-0.05, 0) is 83.8 Å². The summed E-state index contributed by atoms with van der Waals surface area (Å²) in [6.07, 6.45) is 8.26. The van der Waals surface area contributed by atoms with E-state index in [-0.39, 0.29) is 11.8 Å². The van der Waals surface area contributed by atoms with Crippen molar-refractivity contribution in [3.63, 3.8) is 0 Å². The van der Waals surface area contributed by atoms with Crippen LogP contribution >= 0.6 is 15.9 Å². The first-order chi connectivity index (χ1) is 9.70. The maximum absolute atomic E-state index is 12.7. The third kappa shape index (κ3) is 2.09. The molecule has 4 aliphatic carbocycles. The highest BCUT2D eigenvalue weighted by molar-refractivity contribution is 9.10. The number of nitrogens with one attached hydrogen (secondary N) is 1. The number of pyridine rings is 1. The molecule has 4 heteroatoms. The van der Waals surface area contributed by atoms with Gasteiger partial charge in [0.15, 0.2) is 0 Å². The number of hydrogen-bond acceptors (Lipinski definition) is 2. The lowest BCUT2D eigenvalue weighted by atomic mass is 9.51. The average molecular weight is 335 g/mol. The largest absolute Gasteiger partial charge is 0.324 e. The molecule has 0 radical (unpaired) electrons. The summed E-state index contributed by atoms with van der Waals surface area (Å²) in [5.41, 5.74) is 0.798. The smallest absolute Gasteiger partial charge is 0.228 e. The van der Waals surface area contributed by atoms with Gasteiger partial charge in [-0.15, -0.1) is 0 Å². The Labute approximate surface area is 127 Å². The van der Waals surface area contributed by atoms with E-state index < -0.39 is 0 Å². The fraction of sp³-hybridized carbons (Fsp3) is 0.625. The molecule has 4 bridgehead atoms. The monoisotopic (exact) mass is 334 g/mol. The van der Waals surface area contributed by atoms with E-state index >= 15 is 0 Å². The predicted molar refractivity (Wildman–Crippen MR) is 81.1 cm³/mol. The van der Waals surface area contributed by atoms with Gasteiger partial charge >= 0.3 is 0 Å². The van der Waals surface area contributed by atoms with Crippen LogP contribution in [0.2, 0.25) is 0 Å². The van der Waals surface area contributed by atoms with Gasteiger partial charge in [0.1, 0.15) is 4.60 Å². The molecule has 0 unspecified atom stereocenters.